The Labute approximate surface area is 115 Å². The second-order valence-electron chi connectivity index (χ2n) is 4.44. The van der Waals surface area contributed by atoms with E-state index in [0.717, 1.165) is 35.2 Å². The van der Waals surface area contributed by atoms with Crippen LogP contribution in [0, 0.1) is 0 Å². The van der Waals surface area contributed by atoms with E-state index in [0.29, 0.717) is 6.54 Å². The monoisotopic (exact) mass is 313 g/mol. The Bertz CT molecular complexity index is 450. The molecule has 18 heavy (non-hydrogen) atoms. The molecule has 5 heteroatoms. The van der Waals surface area contributed by atoms with Crippen LogP contribution in [0.1, 0.15) is 18.4 Å². The summed E-state index contributed by atoms with van der Waals surface area (Å²) in [5.74, 6) is 0.0648. The SMILES string of the molecule is COc1ccc(CN2CCC[C@@H]2C(=O)O)cc1Br. The molecule has 1 N–H and O–H groups in total. The summed E-state index contributed by atoms with van der Waals surface area (Å²) in [6.45, 7) is 1.51. The number of likely N-dealkylation sites (tertiary alicyclic amines) is 1. The molecule has 1 aliphatic rings. The summed E-state index contributed by atoms with van der Waals surface area (Å²) in [5, 5.41) is 9.13. The van der Waals surface area contributed by atoms with Crippen LogP contribution in [-0.2, 0) is 11.3 Å². The van der Waals surface area contributed by atoms with Gasteiger partial charge in [0.2, 0.25) is 0 Å². The van der Waals surface area contributed by atoms with Crippen molar-refractivity contribution in [1.82, 2.24) is 4.90 Å². The Balaban J connectivity index is 2.09. The molecular formula is C13H16BrNO3. The van der Waals surface area contributed by atoms with E-state index in [9.17, 15) is 4.79 Å². The number of hydrogen-bond acceptors (Lipinski definition) is 3. The zero-order valence-corrected chi connectivity index (χ0v) is 11.8. The Morgan fingerprint density at radius 3 is 3.00 bits per heavy atom. The predicted octanol–water partition coefficient (Wildman–Crippen LogP) is 2.51. The molecular weight excluding hydrogens is 298 g/mol. The van der Waals surface area contributed by atoms with Gasteiger partial charge in [0.25, 0.3) is 0 Å². The third-order valence-corrected chi connectivity index (χ3v) is 3.87. The van der Waals surface area contributed by atoms with Crippen LogP contribution in [0.5, 0.6) is 5.75 Å². The summed E-state index contributed by atoms with van der Waals surface area (Å²) in [4.78, 5) is 13.1. The highest BCUT2D eigenvalue weighted by molar-refractivity contribution is 9.10. The molecule has 1 fully saturated rings. The van der Waals surface area contributed by atoms with Crippen molar-refractivity contribution >= 4 is 21.9 Å². The fraction of sp³-hybridized carbons (Fsp3) is 0.462. The number of halogens is 1. The molecule has 1 aromatic rings. The molecule has 2 rings (SSSR count). The highest BCUT2D eigenvalue weighted by atomic mass is 79.9. The van der Waals surface area contributed by atoms with Crippen LogP contribution < -0.4 is 4.74 Å². The highest BCUT2D eigenvalue weighted by Crippen LogP contribution is 2.27. The molecule has 98 valence electrons. The van der Waals surface area contributed by atoms with Crippen molar-refractivity contribution in [2.24, 2.45) is 0 Å². The molecule has 1 saturated heterocycles. The van der Waals surface area contributed by atoms with E-state index in [1.165, 1.54) is 0 Å². The second-order valence-corrected chi connectivity index (χ2v) is 5.29. The van der Waals surface area contributed by atoms with E-state index in [1.54, 1.807) is 7.11 Å². The molecule has 0 aliphatic carbocycles. The number of rotatable bonds is 4. The van der Waals surface area contributed by atoms with E-state index >= 15 is 0 Å². The van der Waals surface area contributed by atoms with Gasteiger partial charge in [-0.3, -0.25) is 9.69 Å². The van der Waals surface area contributed by atoms with E-state index in [1.807, 2.05) is 23.1 Å². The first-order chi connectivity index (χ1) is 8.61. The summed E-state index contributed by atoms with van der Waals surface area (Å²) in [5.41, 5.74) is 1.09. The van der Waals surface area contributed by atoms with E-state index < -0.39 is 5.97 Å². The predicted molar refractivity (Wildman–Crippen MR) is 71.8 cm³/mol. The molecule has 0 saturated carbocycles. The Kier molecular flexibility index (Phi) is 4.24. The van der Waals surface area contributed by atoms with Crippen LogP contribution in [0.15, 0.2) is 22.7 Å². The molecule has 1 atom stereocenters. The number of methoxy groups -OCH3 is 1. The quantitative estimate of drug-likeness (QED) is 0.928. The minimum Gasteiger partial charge on any atom is -0.496 e. The summed E-state index contributed by atoms with van der Waals surface area (Å²) < 4.78 is 6.07. The van der Waals surface area contributed by atoms with Crippen LogP contribution in [0.3, 0.4) is 0 Å². The topological polar surface area (TPSA) is 49.8 Å². The van der Waals surface area contributed by atoms with Gasteiger partial charge >= 0.3 is 5.97 Å². The third kappa shape index (κ3) is 2.84. The van der Waals surface area contributed by atoms with Gasteiger partial charge in [0.1, 0.15) is 11.8 Å². The zero-order valence-electron chi connectivity index (χ0n) is 10.2. The van der Waals surface area contributed by atoms with Gasteiger partial charge in [-0.1, -0.05) is 6.07 Å². The fourth-order valence-electron chi connectivity index (χ4n) is 2.34. The highest BCUT2D eigenvalue weighted by Gasteiger charge is 2.30. The van der Waals surface area contributed by atoms with E-state index in [2.05, 4.69) is 15.9 Å². The normalized spacial score (nSPS) is 20.0. The summed E-state index contributed by atoms with van der Waals surface area (Å²) in [7, 11) is 1.63. The largest absolute Gasteiger partial charge is 0.496 e. The molecule has 0 bridgehead atoms. The standard InChI is InChI=1S/C13H16BrNO3/c1-18-12-5-4-9(7-10(12)14)8-15-6-2-3-11(15)13(16)17/h4-5,7,11H,2-3,6,8H2,1H3,(H,16,17)/t11-/m1/s1. The zero-order chi connectivity index (χ0) is 13.1. The molecule has 1 heterocycles. The lowest BCUT2D eigenvalue weighted by Gasteiger charge is -2.21. The lowest BCUT2D eigenvalue weighted by molar-refractivity contribution is -0.142. The van der Waals surface area contributed by atoms with Crippen molar-refractivity contribution in [1.29, 1.82) is 0 Å². The molecule has 0 spiro atoms. The average Bonchev–Trinajstić information content (AvgIpc) is 2.77. The Morgan fingerprint density at radius 1 is 1.61 bits per heavy atom. The summed E-state index contributed by atoms with van der Waals surface area (Å²) >= 11 is 3.44. The first-order valence-corrected chi connectivity index (χ1v) is 6.70. The van der Waals surface area contributed by atoms with Crippen molar-refractivity contribution in [3.63, 3.8) is 0 Å². The molecule has 1 aliphatic heterocycles. The number of carboxylic acids is 1. The van der Waals surface area contributed by atoms with Gasteiger partial charge in [0, 0.05) is 6.54 Å². The van der Waals surface area contributed by atoms with Crippen LogP contribution in [0.2, 0.25) is 0 Å². The maximum absolute atomic E-state index is 11.1. The molecule has 1 aromatic carbocycles. The number of aliphatic carboxylic acids is 1. The van der Waals surface area contributed by atoms with Gasteiger partial charge in [-0.15, -0.1) is 0 Å². The van der Waals surface area contributed by atoms with E-state index in [4.69, 9.17) is 9.84 Å². The first kappa shape index (κ1) is 13.4. The molecule has 0 unspecified atom stereocenters. The minimum absolute atomic E-state index is 0.342. The van der Waals surface area contributed by atoms with Crippen LogP contribution in [0.25, 0.3) is 0 Å². The van der Waals surface area contributed by atoms with Crippen molar-refractivity contribution < 1.29 is 14.6 Å². The fourth-order valence-corrected chi connectivity index (χ4v) is 2.93. The van der Waals surface area contributed by atoms with Crippen molar-refractivity contribution in [2.75, 3.05) is 13.7 Å². The Hall–Kier alpha value is -1.07. The van der Waals surface area contributed by atoms with Gasteiger partial charge in [-0.2, -0.15) is 0 Å². The number of ether oxygens (including phenoxy) is 1. The van der Waals surface area contributed by atoms with Gasteiger partial charge in [0.15, 0.2) is 0 Å². The molecule has 0 amide bonds. The summed E-state index contributed by atoms with van der Waals surface area (Å²) in [6.07, 6.45) is 1.70. The summed E-state index contributed by atoms with van der Waals surface area (Å²) in [6, 6.07) is 5.51. The number of benzene rings is 1. The van der Waals surface area contributed by atoms with Crippen molar-refractivity contribution in [3.05, 3.63) is 28.2 Å². The Morgan fingerprint density at radius 2 is 2.39 bits per heavy atom. The van der Waals surface area contributed by atoms with Crippen molar-refractivity contribution in [3.8, 4) is 5.75 Å². The number of carbonyl (C=O) groups is 1. The third-order valence-electron chi connectivity index (χ3n) is 3.25. The van der Waals surface area contributed by atoms with Gasteiger partial charge < -0.3 is 9.84 Å². The molecule has 4 nitrogen and oxygen atoms in total. The molecule has 0 radical (unpaired) electrons. The van der Waals surface area contributed by atoms with Gasteiger partial charge in [0.05, 0.1) is 11.6 Å². The first-order valence-electron chi connectivity index (χ1n) is 5.91. The smallest absolute Gasteiger partial charge is 0.320 e. The van der Waals surface area contributed by atoms with Gasteiger partial charge in [-0.05, 0) is 53.0 Å². The number of hydrogen-bond donors (Lipinski definition) is 1. The lowest BCUT2D eigenvalue weighted by atomic mass is 10.2. The number of carboxylic acid groups (broad SMARTS) is 1. The van der Waals surface area contributed by atoms with Crippen LogP contribution >= 0.6 is 15.9 Å². The van der Waals surface area contributed by atoms with E-state index in [-0.39, 0.29) is 6.04 Å². The minimum atomic E-state index is -0.722. The maximum Gasteiger partial charge on any atom is 0.320 e. The van der Waals surface area contributed by atoms with Gasteiger partial charge in [-0.25, -0.2) is 0 Å². The van der Waals surface area contributed by atoms with Crippen LogP contribution in [0.4, 0.5) is 0 Å². The van der Waals surface area contributed by atoms with Crippen LogP contribution in [-0.4, -0.2) is 35.7 Å². The molecule has 0 aromatic heterocycles. The maximum atomic E-state index is 11.1. The number of nitrogens with zero attached hydrogens (tertiary/aromatic N) is 1. The second kappa shape index (κ2) is 5.71. The lowest BCUT2D eigenvalue weighted by Crippen LogP contribution is -2.35. The average molecular weight is 314 g/mol. The van der Waals surface area contributed by atoms with Crippen molar-refractivity contribution in [2.45, 2.75) is 25.4 Å².